The van der Waals surface area contributed by atoms with Crippen LogP contribution in [0.1, 0.15) is 25.7 Å². The number of anilines is 1. The topological polar surface area (TPSA) is 97.5 Å². The van der Waals surface area contributed by atoms with Gasteiger partial charge in [-0.05, 0) is 37.8 Å². The molecular weight excluding hydrogens is 320 g/mol. The summed E-state index contributed by atoms with van der Waals surface area (Å²) < 4.78 is 6.66. The van der Waals surface area contributed by atoms with E-state index in [2.05, 4.69) is 25.5 Å². The van der Waals surface area contributed by atoms with Gasteiger partial charge in [0.25, 0.3) is 0 Å². The fourth-order valence-electron chi connectivity index (χ4n) is 3.15. The van der Waals surface area contributed by atoms with Crippen LogP contribution in [0, 0.1) is 0 Å². The molecule has 2 N–H and O–H groups in total. The number of rotatable bonds is 4. The Morgan fingerprint density at radius 2 is 2.04 bits per heavy atom. The number of aliphatic hydroxyl groups excluding tert-OH is 1. The molecule has 0 radical (unpaired) electrons. The summed E-state index contributed by atoms with van der Waals surface area (Å²) in [7, 11) is 1.57. The van der Waals surface area contributed by atoms with Crippen LogP contribution in [0.5, 0.6) is 5.88 Å². The minimum Gasteiger partial charge on any atom is -0.480 e. The van der Waals surface area contributed by atoms with E-state index < -0.39 is 0 Å². The Bertz CT molecular complexity index is 872. The van der Waals surface area contributed by atoms with E-state index in [0.717, 1.165) is 42.5 Å². The summed E-state index contributed by atoms with van der Waals surface area (Å²) >= 11 is 0. The highest BCUT2D eigenvalue weighted by Crippen LogP contribution is 2.25. The molecule has 4 rings (SSSR count). The normalized spacial score (nSPS) is 20.6. The Morgan fingerprint density at radius 1 is 1.20 bits per heavy atom. The molecule has 0 aliphatic heterocycles. The van der Waals surface area contributed by atoms with Gasteiger partial charge in [0.15, 0.2) is 0 Å². The summed E-state index contributed by atoms with van der Waals surface area (Å²) in [5, 5.41) is 21.5. The van der Waals surface area contributed by atoms with Gasteiger partial charge in [-0.15, -0.1) is 9.73 Å². The Kier molecular flexibility index (Phi) is 4.19. The molecule has 0 unspecified atom stereocenters. The van der Waals surface area contributed by atoms with Gasteiger partial charge in [-0.1, -0.05) is 0 Å². The number of aliphatic hydroxyl groups is 1. The first-order chi connectivity index (χ1) is 12.2. The van der Waals surface area contributed by atoms with Crippen molar-refractivity contribution in [1.29, 1.82) is 0 Å². The third-order valence-electron chi connectivity index (χ3n) is 4.54. The number of nitrogens with one attached hydrogen (secondary N) is 1. The standard InChI is InChI=1S/C17H20N6O2/c1-25-16-7-6-15-13(10-19-23(15)22-16)14-8-9-18-17(21-14)20-11-2-4-12(24)5-3-11/h6-12,24H,2-5H2,1H3,(H,18,20,21). The summed E-state index contributed by atoms with van der Waals surface area (Å²) in [4.78, 5) is 8.95. The van der Waals surface area contributed by atoms with Crippen molar-refractivity contribution in [3.8, 4) is 17.1 Å². The zero-order valence-corrected chi connectivity index (χ0v) is 14.0. The van der Waals surface area contributed by atoms with Crippen LogP contribution in [0.3, 0.4) is 0 Å². The first kappa shape index (κ1) is 15.8. The SMILES string of the molecule is COc1ccc2c(-c3ccnc(NC4CCC(O)CC4)n3)cnn2n1. The van der Waals surface area contributed by atoms with E-state index in [1.165, 1.54) is 4.63 Å². The highest BCUT2D eigenvalue weighted by Gasteiger charge is 2.20. The van der Waals surface area contributed by atoms with Crippen molar-refractivity contribution in [2.45, 2.75) is 37.8 Å². The molecule has 1 fully saturated rings. The van der Waals surface area contributed by atoms with Gasteiger partial charge in [0.1, 0.15) is 0 Å². The maximum atomic E-state index is 9.62. The van der Waals surface area contributed by atoms with Gasteiger partial charge in [-0.3, -0.25) is 0 Å². The van der Waals surface area contributed by atoms with Crippen LogP contribution in [0.2, 0.25) is 0 Å². The van der Waals surface area contributed by atoms with E-state index in [4.69, 9.17) is 4.74 Å². The summed E-state index contributed by atoms with van der Waals surface area (Å²) in [5.74, 6) is 1.10. The number of aromatic nitrogens is 5. The molecule has 0 saturated heterocycles. The van der Waals surface area contributed by atoms with Crippen LogP contribution >= 0.6 is 0 Å². The van der Waals surface area contributed by atoms with Crippen LogP contribution in [0.15, 0.2) is 30.6 Å². The number of nitrogens with zero attached hydrogens (tertiary/aromatic N) is 5. The van der Waals surface area contributed by atoms with E-state index in [0.29, 0.717) is 17.9 Å². The molecule has 0 atom stereocenters. The van der Waals surface area contributed by atoms with Gasteiger partial charge in [0, 0.05) is 23.9 Å². The lowest BCUT2D eigenvalue weighted by Crippen LogP contribution is -2.28. The third-order valence-corrected chi connectivity index (χ3v) is 4.54. The Hall–Kier alpha value is -2.74. The Morgan fingerprint density at radius 3 is 2.84 bits per heavy atom. The van der Waals surface area contributed by atoms with E-state index in [9.17, 15) is 5.11 Å². The summed E-state index contributed by atoms with van der Waals surface area (Å²) in [6, 6.07) is 5.87. The molecule has 3 aromatic rings. The molecule has 25 heavy (non-hydrogen) atoms. The molecular formula is C17H20N6O2. The lowest BCUT2D eigenvalue weighted by molar-refractivity contribution is 0.126. The Balaban J connectivity index is 1.59. The fourth-order valence-corrected chi connectivity index (χ4v) is 3.15. The quantitative estimate of drug-likeness (QED) is 0.748. The lowest BCUT2D eigenvalue weighted by Gasteiger charge is -2.26. The molecule has 1 aliphatic rings. The molecule has 0 spiro atoms. The first-order valence-electron chi connectivity index (χ1n) is 8.40. The highest BCUT2D eigenvalue weighted by atomic mass is 16.5. The maximum Gasteiger partial charge on any atom is 0.233 e. The van der Waals surface area contributed by atoms with Crippen molar-refractivity contribution >= 4 is 11.5 Å². The molecule has 3 heterocycles. The van der Waals surface area contributed by atoms with Crippen molar-refractivity contribution < 1.29 is 9.84 Å². The molecule has 3 aromatic heterocycles. The first-order valence-corrected chi connectivity index (χ1v) is 8.40. The van der Waals surface area contributed by atoms with Gasteiger partial charge in [-0.2, -0.15) is 5.10 Å². The zero-order chi connectivity index (χ0) is 17.2. The van der Waals surface area contributed by atoms with Crippen LogP contribution in [0.25, 0.3) is 16.8 Å². The van der Waals surface area contributed by atoms with Gasteiger partial charge < -0.3 is 15.2 Å². The number of methoxy groups -OCH3 is 1. The van der Waals surface area contributed by atoms with Crippen molar-refractivity contribution in [1.82, 2.24) is 24.8 Å². The van der Waals surface area contributed by atoms with Crippen LogP contribution in [-0.4, -0.2) is 49.2 Å². The zero-order valence-electron chi connectivity index (χ0n) is 14.0. The lowest BCUT2D eigenvalue weighted by atomic mass is 9.93. The van der Waals surface area contributed by atoms with Gasteiger partial charge in [-0.25, -0.2) is 9.97 Å². The smallest absolute Gasteiger partial charge is 0.233 e. The van der Waals surface area contributed by atoms with Crippen molar-refractivity contribution in [3.05, 3.63) is 30.6 Å². The molecule has 0 amide bonds. The van der Waals surface area contributed by atoms with E-state index >= 15 is 0 Å². The van der Waals surface area contributed by atoms with E-state index in [-0.39, 0.29) is 6.10 Å². The molecule has 130 valence electrons. The second-order valence-electron chi connectivity index (χ2n) is 6.22. The fraction of sp³-hybridized carbons (Fsp3) is 0.412. The minimum atomic E-state index is -0.173. The predicted molar refractivity (Wildman–Crippen MR) is 92.5 cm³/mol. The largest absolute Gasteiger partial charge is 0.480 e. The number of ether oxygens (including phenoxy) is 1. The second-order valence-corrected chi connectivity index (χ2v) is 6.22. The highest BCUT2D eigenvalue weighted by molar-refractivity contribution is 5.77. The monoisotopic (exact) mass is 340 g/mol. The second kappa shape index (κ2) is 6.64. The summed E-state index contributed by atoms with van der Waals surface area (Å²) in [6.45, 7) is 0. The Labute approximate surface area is 144 Å². The summed E-state index contributed by atoms with van der Waals surface area (Å²) in [6.07, 6.45) is 6.80. The van der Waals surface area contributed by atoms with Crippen molar-refractivity contribution in [3.63, 3.8) is 0 Å². The molecule has 1 saturated carbocycles. The van der Waals surface area contributed by atoms with Crippen molar-refractivity contribution in [2.24, 2.45) is 0 Å². The van der Waals surface area contributed by atoms with Crippen molar-refractivity contribution in [2.75, 3.05) is 12.4 Å². The number of hydrogen-bond donors (Lipinski definition) is 2. The van der Waals surface area contributed by atoms with Crippen LogP contribution in [-0.2, 0) is 0 Å². The maximum absolute atomic E-state index is 9.62. The predicted octanol–water partition coefficient (Wildman–Crippen LogP) is 1.91. The minimum absolute atomic E-state index is 0.173. The average molecular weight is 340 g/mol. The molecule has 8 nitrogen and oxygen atoms in total. The third kappa shape index (κ3) is 3.25. The molecule has 0 aromatic carbocycles. The summed E-state index contributed by atoms with van der Waals surface area (Å²) in [5.41, 5.74) is 2.53. The molecule has 8 heteroatoms. The van der Waals surface area contributed by atoms with Crippen LogP contribution in [0.4, 0.5) is 5.95 Å². The number of hydrogen-bond acceptors (Lipinski definition) is 7. The van der Waals surface area contributed by atoms with Gasteiger partial charge in [0.2, 0.25) is 11.8 Å². The van der Waals surface area contributed by atoms with Crippen LogP contribution < -0.4 is 10.1 Å². The molecule has 1 aliphatic carbocycles. The number of fused-ring (bicyclic) bond motifs is 1. The van der Waals surface area contributed by atoms with Gasteiger partial charge >= 0.3 is 0 Å². The average Bonchev–Trinajstić information content (AvgIpc) is 3.07. The van der Waals surface area contributed by atoms with E-state index in [1.807, 2.05) is 12.1 Å². The van der Waals surface area contributed by atoms with Gasteiger partial charge in [0.05, 0.1) is 30.6 Å². The molecule has 0 bridgehead atoms. The van der Waals surface area contributed by atoms with E-state index in [1.54, 1.807) is 25.6 Å².